The molecule has 0 radical (unpaired) electrons. The van der Waals surface area contributed by atoms with E-state index in [1.54, 1.807) is 18.2 Å². The summed E-state index contributed by atoms with van der Waals surface area (Å²) in [5, 5.41) is 20.5. The fraction of sp³-hybridized carbons (Fsp3) is 0.0952. The number of carbonyl (C=O) groups is 1. The smallest absolute Gasteiger partial charge is 0.231 e. The van der Waals surface area contributed by atoms with E-state index in [-0.39, 0.29) is 19.1 Å². The summed E-state index contributed by atoms with van der Waals surface area (Å²) in [6.45, 7) is 0.186. The van der Waals surface area contributed by atoms with Gasteiger partial charge in [-0.1, -0.05) is 29.8 Å². The first kappa shape index (κ1) is 19.8. The number of amides is 1. The van der Waals surface area contributed by atoms with Crippen LogP contribution in [-0.4, -0.2) is 38.3 Å². The van der Waals surface area contributed by atoms with Gasteiger partial charge in [-0.25, -0.2) is 4.98 Å². The van der Waals surface area contributed by atoms with Crippen LogP contribution >= 0.6 is 11.6 Å². The molecule has 0 fully saturated rings. The Labute approximate surface area is 186 Å². The Morgan fingerprint density at radius 2 is 1.97 bits per heavy atom. The molecule has 160 valence electrons. The van der Waals surface area contributed by atoms with Crippen molar-refractivity contribution in [2.45, 2.75) is 6.42 Å². The number of nitrogens with zero attached hydrogens (tertiary/aromatic N) is 4. The van der Waals surface area contributed by atoms with Gasteiger partial charge in [0.1, 0.15) is 5.82 Å². The third kappa shape index (κ3) is 4.16. The van der Waals surface area contributed by atoms with Crippen LogP contribution in [-0.2, 0) is 11.2 Å². The molecule has 0 spiro atoms. The van der Waals surface area contributed by atoms with Gasteiger partial charge in [0.25, 0.3) is 0 Å². The van der Waals surface area contributed by atoms with Gasteiger partial charge in [0.2, 0.25) is 18.5 Å². The van der Waals surface area contributed by atoms with Crippen LogP contribution in [0.25, 0.3) is 11.4 Å². The van der Waals surface area contributed by atoms with E-state index in [4.69, 9.17) is 21.1 Å². The van der Waals surface area contributed by atoms with Gasteiger partial charge in [0, 0.05) is 17.3 Å². The van der Waals surface area contributed by atoms with E-state index < -0.39 is 0 Å². The van der Waals surface area contributed by atoms with Gasteiger partial charge in [-0.3, -0.25) is 4.79 Å². The van der Waals surface area contributed by atoms with E-state index in [1.165, 1.54) is 6.20 Å². The number of nitrogens with one attached hydrogen (secondary N) is 3. The molecule has 10 nitrogen and oxygen atoms in total. The number of carbonyl (C=O) groups excluding carboxylic acids is 1. The van der Waals surface area contributed by atoms with E-state index in [1.807, 2.05) is 30.3 Å². The van der Waals surface area contributed by atoms with Gasteiger partial charge in [0.05, 0.1) is 23.3 Å². The lowest BCUT2D eigenvalue weighted by molar-refractivity contribution is -0.115. The average molecular weight is 450 g/mol. The second kappa shape index (κ2) is 8.52. The third-order valence-electron chi connectivity index (χ3n) is 4.71. The normalized spacial score (nSPS) is 11.9. The number of halogens is 1. The second-order valence-corrected chi connectivity index (χ2v) is 7.28. The van der Waals surface area contributed by atoms with Crippen molar-refractivity contribution in [3.8, 4) is 22.9 Å². The number of anilines is 3. The quantitative estimate of drug-likeness (QED) is 0.407. The first-order chi connectivity index (χ1) is 15.7. The lowest BCUT2D eigenvalue weighted by Gasteiger charge is -2.13. The first-order valence-corrected chi connectivity index (χ1v) is 9.97. The number of aromatic nitrogens is 5. The molecule has 0 bridgehead atoms. The maximum absolute atomic E-state index is 12.5. The summed E-state index contributed by atoms with van der Waals surface area (Å²) in [6.07, 6.45) is 1.63. The molecule has 3 N–H and O–H groups in total. The molecule has 1 aliphatic heterocycles. The van der Waals surface area contributed by atoms with Crippen molar-refractivity contribution in [3.05, 3.63) is 65.3 Å². The van der Waals surface area contributed by atoms with Crippen LogP contribution in [0.1, 0.15) is 5.56 Å². The summed E-state index contributed by atoms with van der Waals surface area (Å²) >= 11 is 6.33. The van der Waals surface area contributed by atoms with E-state index in [0.29, 0.717) is 33.9 Å². The fourth-order valence-corrected chi connectivity index (χ4v) is 3.38. The van der Waals surface area contributed by atoms with E-state index in [0.717, 1.165) is 16.8 Å². The summed E-state index contributed by atoms with van der Waals surface area (Å²) in [5.41, 5.74) is 2.83. The molecular formula is C21H16ClN7O3. The molecule has 11 heteroatoms. The Balaban J connectivity index is 1.32. The number of rotatable bonds is 6. The van der Waals surface area contributed by atoms with E-state index >= 15 is 0 Å². The van der Waals surface area contributed by atoms with Crippen molar-refractivity contribution in [1.82, 2.24) is 25.6 Å². The zero-order chi connectivity index (χ0) is 21.9. The SMILES string of the molecule is O=C(Cc1ccc2c(c1)OCO2)Nc1cc(Nc2ccccc2-c2nn[nH]n2)c(Cl)cn1. The van der Waals surface area contributed by atoms with Gasteiger partial charge in [-0.05, 0) is 35.0 Å². The van der Waals surface area contributed by atoms with Crippen molar-refractivity contribution in [1.29, 1.82) is 0 Å². The molecule has 5 rings (SSSR count). The average Bonchev–Trinajstić information content (AvgIpc) is 3.48. The summed E-state index contributed by atoms with van der Waals surface area (Å²) in [6, 6.07) is 14.5. The highest BCUT2D eigenvalue weighted by atomic mass is 35.5. The Kier molecular flexibility index (Phi) is 5.26. The number of aromatic amines is 1. The van der Waals surface area contributed by atoms with Gasteiger partial charge >= 0.3 is 0 Å². The first-order valence-electron chi connectivity index (χ1n) is 9.59. The topological polar surface area (TPSA) is 127 Å². The van der Waals surface area contributed by atoms with Crippen molar-refractivity contribution in [2.24, 2.45) is 0 Å². The number of pyridine rings is 1. The highest BCUT2D eigenvalue weighted by molar-refractivity contribution is 6.33. The molecule has 1 aliphatic rings. The molecular weight excluding hydrogens is 434 g/mol. The predicted octanol–water partition coefficient (Wildman–Crippen LogP) is 3.57. The lowest BCUT2D eigenvalue weighted by atomic mass is 10.1. The molecule has 3 heterocycles. The minimum atomic E-state index is -0.225. The number of hydrogen-bond acceptors (Lipinski definition) is 8. The van der Waals surface area contributed by atoms with Crippen molar-refractivity contribution in [2.75, 3.05) is 17.4 Å². The van der Waals surface area contributed by atoms with E-state index in [2.05, 4.69) is 36.2 Å². The zero-order valence-corrected chi connectivity index (χ0v) is 17.3. The van der Waals surface area contributed by atoms with Crippen molar-refractivity contribution in [3.63, 3.8) is 0 Å². The molecule has 4 aromatic rings. The number of hydrogen-bond donors (Lipinski definition) is 3. The lowest BCUT2D eigenvalue weighted by Crippen LogP contribution is -2.15. The van der Waals surface area contributed by atoms with Crippen LogP contribution in [0.4, 0.5) is 17.2 Å². The molecule has 32 heavy (non-hydrogen) atoms. The predicted molar refractivity (Wildman–Crippen MR) is 117 cm³/mol. The molecule has 0 saturated heterocycles. The minimum absolute atomic E-state index is 0.157. The maximum Gasteiger partial charge on any atom is 0.231 e. The van der Waals surface area contributed by atoms with Crippen LogP contribution in [0.3, 0.4) is 0 Å². The highest BCUT2D eigenvalue weighted by Gasteiger charge is 2.16. The summed E-state index contributed by atoms with van der Waals surface area (Å²) in [7, 11) is 0. The van der Waals surface area contributed by atoms with E-state index in [9.17, 15) is 4.79 Å². The Hall–Kier alpha value is -4.18. The van der Waals surface area contributed by atoms with Crippen LogP contribution in [0, 0.1) is 0 Å². The van der Waals surface area contributed by atoms with Gasteiger partial charge < -0.3 is 20.1 Å². The number of fused-ring (bicyclic) bond motifs is 1. The maximum atomic E-state index is 12.5. The van der Waals surface area contributed by atoms with Gasteiger partial charge in [-0.15, -0.1) is 10.2 Å². The minimum Gasteiger partial charge on any atom is -0.454 e. The van der Waals surface area contributed by atoms with Crippen molar-refractivity contribution < 1.29 is 14.3 Å². The fourth-order valence-electron chi connectivity index (χ4n) is 3.23. The monoisotopic (exact) mass is 449 g/mol. The summed E-state index contributed by atoms with van der Waals surface area (Å²) < 4.78 is 10.7. The molecule has 2 aromatic carbocycles. The second-order valence-electron chi connectivity index (χ2n) is 6.87. The number of tetrazole rings is 1. The molecule has 0 saturated carbocycles. The third-order valence-corrected chi connectivity index (χ3v) is 5.01. The molecule has 0 unspecified atom stereocenters. The van der Waals surface area contributed by atoms with Gasteiger partial charge in [0.15, 0.2) is 11.5 Å². The Morgan fingerprint density at radius 3 is 2.84 bits per heavy atom. The van der Waals surface area contributed by atoms with Crippen LogP contribution < -0.4 is 20.1 Å². The van der Waals surface area contributed by atoms with Crippen LogP contribution in [0.5, 0.6) is 11.5 Å². The van der Waals surface area contributed by atoms with Crippen LogP contribution in [0.15, 0.2) is 54.7 Å². The van der Waals surface area contributed by atoms with Crippen molar-refractivity contribution >= 4 is 34.7 Å². The van der Waals surface area contributed by atoms with Gasteiger partial charge in [-0.2, -0.15) is 5.21 Å². The zero-order valence-electron chi connectivity index (χ0n) is 16.5. The summed E-state index contributed by atoms with van der Waals surface area (Å²) in [4.78, 5) is 16.7. The number of ether oxygens (including phenoxy) is 2. The summed E-state index contributed by atoms with van der Waals surface area (Å²) in [5.74, 6) is 1.88. The molecule has 0 atom stereocenters. The Morgan fingerprint density at radius 1 is 1.09 bits per heavy atom. The number of benzene rings is 2. The Bertz CT molecular complexity index is 1280. The standard InChI is InChI=1S/C21H16ClN7O3/c22-14-10-23-19(25-20(30)8-12-5-6-17-18(7-12)32-11-31-17)9-16(14)24-15-4-2-1-3-13(15)21-26-28-29-27-21/h1-7,9-10H,8,11H2,(H2,23,24,25,30)(H,26,27,28,29). The molecule has 0 aliphatic carbocycles. The van der Waals surface area contributed by atoms with Crippen LogP contribution in [0.2, 0.25) is 5.02 Å². The number of H-pyrrole nitrogens is 1. The molecule has 1 amide bonds. The highest BCUT2D eigenvalue weighted by Crippen LogP contribution is 2.33. The molecule has 2 aromatic heterocycles. The largest absolute Gasteiger partial charge is 0.454 e. The number of para-hydroxylation sites is 1.